The van der Waals surface area contributed by atoms with Crippen molar-refractivity contribution in [1.29, 1.82) is 0 Å². The van der Waals surface area contributed by atoms with Gasteiger partial charge in [0.1, 0.15) is 5.69 Å². The molecule has 0 fully saturated rings. The number of nitrogens with zero attached hydrogens (tertiary/aromatic N) is 3. The summed E-state index contributed by atoms with van der Waals surface area (Å²) in [6.45, 7) is 13.2. The Morgan fingerprint density at radius 2 is 1.59 bits per heavy atom. The lowest BCUT2D eigenvalue weighted by atomic mass is 10.3. The van der Waals surface area contributed by atoms with Gasteiger partial charge < -0.3 is 4.18 Å². The Morgan fingerprint density at radius 1 is 1.07 bits per heavy atom. The molecule has 0 amide bonds. The second kappa shape index (κ2) is 8.17. The van der Waals surface area contributed by atoms with E-state index < -0.39 is 29.4 Å². The smallest absolute Gasteiger partial charge is 0.374 e. The Hall–Kier alpha value is -1.62. The van der Waals surface area contributed by atoms with Gasteiger partial charge in [0.2, 0.25) is 0 Å². The van der Waals surface area contributed by atoms with Crippen LogP contribution in [-0.2, 0) is 10.1 Å². The fourth-order valence-electron chi connectivity index (χ4n) is 2.34. The molecule has 0 aliphatic carbocycles. The molecule has 0 aromatic heterocycles. The maximum atomic E-state index is 12.8. The summed E-state index contributed by atoms with van der Waals surface area (Å²) in [4.78, 5) is 0. The second-order valence-electron chi connectivity index (χ2n) is 7.64. The van der Waals surface area contributed by atoms with Crippen molar-refractivity contribution in [2.24, 2.45) is 10.3 Å². The number of alkyl halides is 3. The van der Waals surface area contributed by atoms with E-state index in [1.54, 1.807) is 17.1 Å². The summed E-state index contributed by atoms with van der Waals surface area (Å²) < 4.78 is 66.2. The van der Waals surface area contributed by atoms with Crippen LogP contribution in [0.1, 0.15) is 27.7 Å². The van der Waals surface area contributed by atoms with Crippen molar-refractivity contribution in [2.45, 2.75) is 64.9 Å². The standard InChI is InChI=1S/C16H26F3N3O3SSi/c1-11(2)22(12(3)4)21-20-13-9-8-10-14(27(5,6)7)15(13)25-26(23,24)16(17,18)19/h8-12H,1-7H3. The predicted molar refractivity (Wildman–Crippen MR) is 102 cm³/mol. The first-order chi connectivity index (χ1) is 12.1. The normalized spacial score (nSPS) is 13.6. The lowest BCUT2D eigenvalue weighted by Crippen LogP contribution is -2.40. The highest BCUT2D eigenvalue weighted by Crippen LogP contribution is 2.34. The van der Waals surface area contributed by atoms with Crippen molar-refractivity contribution in [3.05, 3.63) is 18.2 Å². The first-order valence-electron chi connectivity index (χ1n) is 8.42. The van der Waals surface area contributed by atoms with Crippen LogP contribution < -0.4 is 9.37 Å². The van der Waals surface area contributed by atoms with Gasteiger partial charge in [0.25, 0.3) is 0 Å². The summed E-state index contributed by atoms with van der Waals surface area (Å²) in [6, 6.07) is 4.54. The van der Waals surface area contributed by atoms with E-state index in [4.69, 9.17) is 0 Å². The van der Waals surface area contributed by atoms with Gasteiger partial charge in [0.05, 0.1) is 8.07 Å². The molecule has 154 valence electrons. The zero-order valence-electron chi connectivity index (χ0n) is 16.5. The highest BCUT2D eigenvalue weighted by atomic mass is 32.2. The van der Waals surface area contributed by atoms with E-state index in [2.05, 4.69) is 14.5 Å². The lowest BCUT2D eigenvalue weighted by Gasteiger charge is -2.26. The Kier molecular flexibility index (Phi) is 7.09. The molecule has 0 aliphatic heterocycles. The van der Waals surface area contributed by atoms with Gasteiger partial charge in [-0.3, -0.25) is 5.01 Å². The molecule has 1 aromatic rings. The molecule has 6 nitrogen and oxygen atoms in total. The Labute approximate surface area is 159 Å². The van der Waals surface area contributed by atoms with E-state index in [0.29, 0.717) is 5.19 Å². The van der Waals surface area contributed by atoms with E-state index >= 15 is 0 Å². The molecule has 0 atom stereocenters. The molecule has 0 spiro atoms. The summed E-state index contributed by atoms with van der Waals surface area (Å²) >= 11 is 0. The largest absolute Gasteiger partial charge is 0.534 e. The summed E-state index contributed by atoms with van der Waals surface area (Å²) in [5, 5.41) is 10.2. The van der Waals surface area contributed by atoms with E-state index in [1.807, 2.05) is 47.3 Å². The van der Waals surface area contributed by atoms with Gasteiger partial charge in [-0.2, -0.15) is 21.6 Å². The SMILES string of the molecule is CC(C)N(N=Nc1cccc([Si](C)(C)C)c1OS(=O)(=O)C(F)(F)F)C(C)C. The van der Waals surface area contributed by atoms with Crippen molar-refractivity contribution < 1.29 is 25.8 Å². The first-order valence-corrected chi connectivity index (χ1v) is 13.3. The van der Waals surface area contributed by atoms with Crippen molar-refractivity contribution in [2.75, 3.05) is 0 Å². The maximum absolute atomic E-state index is 12.8. The first kappa shape index (κ1) is 23.4. The van der Waals surface area contributed by atoms with Crippen molar-refractivity contribution in [3.8, 4) is 5.75 Å². The molecular formula is C16H26F3N3O3SSi. The van der Waals surface area contributed by atoms with E-state index in [0.717, 1.165) is 0 Å². The summed E-state index contributed by atoms with van der Waals surface area (Å²) in [7, 11) is -8.06. The number of halogens is 3. The van der Waals surface area contributed by atoms with Crippen molar-refractivity contribution in [1.82, 2.24) is 5.01 Å². The molecule has 0 bridgehead atoms. The van der Waals surface area contributed by atoms with Crippen molar-refractivity contribution in [3.63, 3.8) is 0 Å². The van der Waals surface area contributed by atoms with Crippen LogP contribution in [0.25, 0.3) is 0 Å². The van der Waals surface area contributed by atoms with Gasteiger partial charge in [-0.15, -0.1) is 5.11 Å². The molecule has 27 heavy (non-hydrogen) atoms. The van der Waals surface area contributed by atoms with Gasteiger partial charge in [0, 0.05) is 12.1 Å². The molecule has 0 radical (unpaired) electrons. The van der Waals surface area contributed by atoms with E-state index in [1.165, 1.54) is 6.07 Å². The van der Waals surface area contributed by atoms with Crippen molar-refractivity contribution >= 4 is 29.1 Å². The van der Waals surface area contributed by atoms with Crippen LogP contribution in [-0.4, -0.2) is 39.1 Å². The van der Waals surface area contributed by atoms with Crippen LogP contribution in [0.4, 0.5) is 18.9 Å². The molecule has 0 saturated carbocycles. The zero-order chi connectivity index (χ0) is 21.2. The van der Waals surface area contributed by atoms with Gasteiger partial charge in [-0.25, -0.2) is 0 Å². The fourth-order valence-corrected chi connectivity index (χ4v) is 4.36. The van der Waals surface area contributed by atoms with Crippen LogP contribution in [0.15, 0.2) is 28.5 Å². The summed E-state index contributed by atoms with van der Waals surface area (Å²) in [6.07, 6.45) is 0. The molecule has 0 saturated heterocycles. The molecule has 0 unspecified atom stereocenters. The number of hydrogen-bond donors (Lipinski definition) is 0. The summed E-state index contributed by atoms with van der Waals surface area (Å²) in [5.74, 6) is -0.412. The monoisotopic (exact) mass is 425 g/mol. The Bertz CT molecular complexity index is 780. The van der Waals surface area contributed by atoms with Gasteiger partial charge in [-0.1, -0.05) is 37.0 Å². The maximum Gasteiger partial charge on any atom is 0.534 e. The molecule has 1 aromatic carbocycles. The second-order valence-corrected chi connectivity index (χ2v) is 14.2. The minimum absolute atomic E-state index is 0.00259. The van der Waals surface area contributed by atoms with Crippen LogP contribution in [0.2, 0.25) is 19.6 Å². The number of rotatable bonds is 7. The van der Waals surface area contributed by atoms with Gasteiger partial charge in [0.15, 0.2) is 5.75 Å². The van der Waals surface area contributed by atoms with E-state index in [9.17, 15) is 21.6 Å². The van der Waals surface area contributed by atoms with Crippen LogP contribution in [0.3, 0.4) is 0 Å². The summed E-state index contributed by atoms with van der Waals surface area (Å²) in [5.41, 5.74) is -5.59. The zero-order valence-corrected chi connectivity index (χ0v) is 18.3. The number of para-hydroxylation sites is 1. The average molecular weight is 426 g/mol. The molecule has 0 aliphatic rings. The lowest BCUT2D eigenvalue weighted by molar-refractivity contribution is -0.0499. The topological polar surface area (TPSA) is 71.3 Å². The Balaban J connectivity index is 3.54. The minimum atomic E-state index is -5.82. The van der Waals surface area contributed by atoms with Gasteiger partial charge in [-0.05, 0) is 38.9 Å². The number of benzene rings is 1. The highest BCUT2D eigenvalue weighted by Gasteiger charge is 2.49. The third-order valence-electron chi connectivity index (χ3n) is 3.59. The molecule has 0 heterocycles. The minimum Gasteiger partial charge on any atom is -0.374 e. The van der Waals surface area contributed by atoms with Crippen LogP contribution in [0.5, 0.6) is 5.75 Å². The van der Waals surface area contributed by atoms with Gasteiger partial charge >= 0.3 is 15.6 Å². The van der Waals surface area contributed by atoms with Crippen LogP contribution in [0, 0.1) is 0 Å². The number of hydrogen-bond acceptors (Lipinski definition) is 5. The molecule has 11 heteroatoms. The predicted octanol–water partition coefficient (Wildman–Crippen LogP) is 4.58. The molecule has 0 N–H and O–H groups in total. The quantitative estimate of drug-likeness (QED) is 0.211. The molecule has 1 rings (SSSR count). The third kappa shape index (κ3) is 5.93. The Morgan fingerprint density at radius 3 is 2.00 bits per heavy atom. The van der Waals surface area contributed by atoms with Crippen LogP contribution >= 0.6 is 0 Å². The average Bonchev–Trinajstić information content (AvgIpc) is 2.45. The van der Waals surface area contributed by atoms with E-state index in [-0.39, 0.29) is 17.8 Å². The highest BCUT2D eigenvalue weighted by molar-refractivity contribution is 7.88. The molecular weight excluding hydrogens is 399 g/mol. The third-order valence-corrected chi connectivity index (χ3v) is 6.56. The fraction of sp³-hybridized carbons (Fsp3) is 0.625.